The van der Waals surface area contributed by atoms with Gasteiger partial charge in [0.1, 0.15) is 16.6 Å². The zero-order chi connectivity index (χ0) is 19.7. The molecule has 28 heavy (non-hydrogen) atoms. The van der Waals surface area contributed by atoms with E-state index < -0.39 is 5.41 Å². The van der Waals surface area contributed by atoms with Gasteiger partial charge in [0.2, 0.25) is 9.79 Å². The van der Waals surface area contributed by atoms with Crippen molar-refractivity contribution in [2.45, 2.75) is 41.9 Å². The van der Waals surface area contributed by atoms with Crippen LogP contribution in [0.15, 0.2) is 87.5 Å². The van der Waals surface area contributed by atoms with Gasteiger partial charge >= 0.3 is 5.97 Å². The lowest BCUT2D eigenvalue weighted by Gasteiger charge is -2.21. The van der Waals surface area contributed by atoms with Gasteiger partial charge in [0.05, 0.1) is 5.41 Å². The molecule has 0 saturated carbocycles. The Morgan fingerprint density at radius 3 is 1.96 bits per heavy atom. The van der Waals surface area contributed by atoms with Crippen molar-refractivity contribution in [1.29, 1.82) is 0 Å². The largest absolute Gasteiger partial charge is 0.447 e. The molecule has 3 aromatic carbocycles. The standard InChI is InChI=1S/C24H23O3S/c1-4-24(2,3)23(25)26-17-13-15-18(16-14-17)28-21-11-7-5-9-19(21)27-20-10-6-8-12-22(20)28/h5-16H,4H2,1-3H3/q+1. The molecule has 0 fully saturated rings. The Labute approximate surface area is 168 Å². The zero-order valence-corrected chi connectivity index (χ0v) is 17.1. The molecular weight excluding hydrogens is 368 g/mol. The lowest BCUT2D eigenvalue weighted by molar-refractivity contribution is -0.144. The third kappa shape index (κ3) is 3.40. The van der Waals surface area contributed by atoms with Crippen molar-refractivity contribution in [2.24, 2.45) is 5.41 Å². The quantitative estimate of drug-likeness (QED) is 0.235. The van der Waals surface area contributed by atoms with Crippen LogP contribution in [0.5, 0.6) is 17.2 Å². The van der Waals surface area contributed by atoms with E-state index in [1.54, 1.807) is 0 Å². The molecule has 4 heteroatoms. The van der Waals surface area contributed by atoms with Crippen LogP contribution in [0.3, 0.4) is 0 Å². The second-order valence-corrected chi connectivity index (χ2v) is 9.36. The van der Waals surface area contributed by atoms with Crippen LogP contribution in [0.4, 0.5) is 0 Å². The minimum absolute atomic E-state index is 0.202. The summed E-state index contributed by atoms with van der Waals surface area (Å²) in [6.45, 7) is 5.80. The first-order chi connectivity index (χ1) is 13.5. The smallest absolute Gasteiger partial charge is 0.316 e. The molecule has 1 heterocycles. The first kappa shape index (κ1) is 18.6. The number of ether oxygens (including phenoxy) is 2. The summed E-state index contributed by atoms with van der Waals surface area (Å²) in [6.07, 6.45) is 0.737. The van der Waals surface area contributed by atoms with Crippen molar-refractivity contribution in [3.05, 3.63) is 72.8 Å². The molecule has 0 atom stereocenters. The van der Waals surface area contributed by atoms with E-state index in [2.05, 4.69) is 12.1 Å². The predicted octanol–water partition coefficient (Wildman–Crippen LogP) is 6.23. The van der Waals surface area contributed by atoms with Gasteiger partial charge in [-0.15, -0.1) is 0 Å². The molecule has 0 bridgehead atoms. The van der Waals surface area contributed by atoms with E-state index >= 15 is 0 Å². The van der Waals surface area contributed by atoms with E-state index in [1.165, 1.54) is 0 Å². The highest BCUT2D eigenvalue weighted by atomic mass is 32.2. The fourth-order valence-electron chi connectivity index (χ4n) is 2.93. The van der Waals surface area contributed by atoms with Crippen LogP contribution in [0.25, 0.3) is 0 Å². The molecule has 1 aliphatic rings. The Hall–Kier alpha value is -2.72. The van der Waals surface area contributed by atoms with Gasteiger partial charge in [0.25, 0.3) is 0 Å². The lowest BCUT2D eigenvalue weighted by atomic mass is 9.91. The number of esters is 1. The summed E-state index contributed by atoms with van der Waals surface area (Å²) in [5.74, 6) is 2.16. The number of rotatable bonds is 4. The fraction of sp³-hybridized carbons (Fsp3) is 0.208. The van der Waals surface area contributed by atoms with Gasteiger partial charge in [0.15, 0.2) is 16.4 Å². The van der Waals surface area contributed by atoms with E-state index in [0.29, 0.717) is 5.75 Å². The number of para-hydroxylation sites is 2. The fourth-order valence-corrected chi connectivity index (χ4v) is 5.13. The third-order valence-corrected chi connectivity index (χ3v) is 7.36. The van der Waals surface area contributed by atoms with Crippen LogP contribution in [0.1, 0.15) is 27.2 Å². The molecule has 0 amide bonds. The average Bonchev–Trinajstić information content (AvgIpc) is 2.72. The van der Waals surface area contributed by atoms with E-state index in [9.17, 15) is 4.79 Å². The third-order valence-electron chi connectivity index (χ3n) is 5.06. The van der Waals surface area contributed by atoms with E-state index in [1.807, 2.05) is 81.4 Å². The maximum absolute atomic E-state index is 12.3. The zero-order valence-electron chi connectivity index (χ0n) is 16.3. The van der Waals surface area contributed by atoms with Crippen molar-refractivity contribution in [3.63, 3.8) is 0 Å². The van der Waals surface area contributed by atoms with Crippen molar-refractivity contribution in [3.8, 4) is 17.2 Å². The maximum Gasteiger partial charge on any atom is 0.316 e. The van der Waals surface area contributed by atoms with Crippen LogP contribution < -0.4 is 9.47 Å². The van der Waals surface area contributed by atoms with Crippen LogP contribution in [0, 0.1) is 5.41 Å². The molecule has 0 aromatic heterocycles. The van der Waals surface area contributed by atoms with Gasteiger partial charge in [-0.2, -0.15) is 0 Å². The highest BCUT2D eigenvalue weighted by molar-refractivity contribution is 7.97. The second kappa shape index (κ2) is 7.36. The van der Waals surface area contributed by atoms with Crippen LogP contribution in [-0.4, -0.2) is 5.97 Å². The first-order valence-electron chi connectivity index (χ1n) is 9.42. The molecule has 3 nitrogen and oxygen atoms in total. The molecule has 0 unspecified atom stereocenters. The van der Waals surface area contributed by atoms with Crippen LogP contribution in [0.2, 0.25) is 0 Å². The molecule has 4 rings (SSSR count). The van der Waals surface area contributed by atoms with Crippen LogP contribution in [-0.2, 0) is 15.7 Å². The highest BCUT2D eigenvalue weighted by Crippen LogP contribution is 2.46. The van der Waals surface area contributed by atoms with E-state index in [4.69, 9.17) is 9.47 Å². The summed E-state index contributed by atoms with van der Waals surface area (Å²) < 4.78 is 11.7. The molecular formula is C24H23O3S+. The summed E-state index contributed by atoms with van der Waals surface area (Å²) in [4.78, 5) is 15.8. The Morgan fingerprint density at radius 2 is 1.43 bits per heavy atom. The summed E-state index contributed by atoms with van der Waals surface area (Å²) in [6, 6.07) is 24.2. The average molecular weight is 392 g/mol. The molecule has 142 valence electrons. The van der Waals surface area contributed by atoms with Gasteiger partial charge in [-0.05, 0) is 68.8 Å². The van der Waals surface area contributed by atoms with Crippen molar-refractivity contribution >= 4 is 16.9 Å². The van der Waals surface area contributed by atoms with Crippen molar-refractivity contribution < 1.29 is 14.3 Å². The van der Waals surface area contributed by atoms with Crippen LogP contribution >= 0.6 is 0 Å². The molecule has 0 saturated heterocycles. The van der Waals surface area contributed by atoms with Crippen molar-refractivity contribution in [1.82, 2.24) is 0 Å². The Kier molecular flexibility index (Phi) is 4.90. The summed E-state index contributed by atoms with van der Waals surface area (Å²) in [5, 5.41) is 0. The van der Waals surface area contributed by atoms with Crippen molar-refractivity contribution in [2.75, 3.05) is 0 Å². The Morgan fingerprint density at radius 1 is 0.893 bits per heavy atom. The topological polar surface area (TPSA) is 35.5 Å². The summed E-state index contributed by atoms with van der Waals surface area (Å²) in [7, 11) is -0.263. The summed E-state index contributed by atoms with van der Waals surface area (Å²) >= 11 is 0. The minimum atomic E-state index is -0.487. The predicted molar refractivity (Wildman–Crippen MR) is 111 cm³/mol. The monoisotopic (exact) mass is 391 g/mol. The number of benzene rings is 3. The minimum Gasteiger partial charge on any atom is -0.447 e. The SMILES string of the molecule is CCC(C)(C)C(=O)Oc1ccc([S+]2c3ccccc3Oc3ccccc32)cc1. The number of hydrogen-bond donors (Lipinski definition) is 0. The molecule has 3 aromatic rings. The molecule has 1 aliphatic heterocycles. The van der Waals surface area contributed by atoms with E-state index in [-0.39, 0.29) is 16.9 Å². The normalized spacial score (nSPS) is 13.2. The number of carbonyl (C=O) groups is 1. The number of fused-ring (bicyclic) bond motifs is 2. The van der Waals surface area contributed by atoms with Gasteiger partial charge < -0.3 is 9.47 Å². The highest BCUT2D eigenvalue weighted by Gasteiger charge is 2.39. The number of hydrogen-bond acceptors (Lipinski definition) is 3. The van der Waals surface area contributed by atoms with Gasteiger partial charge in [-0.3, -0.25) is 4.79 Å². The maximum atomic E-state index is 12.3. The Balaban J connectivity index is 1.68. The molecule has 0 radical (unpaired) electrons. The lowest BCUT2D eigenvalue weighted by Crippen LogP contribution is -2.28. The van der Waals surface area contributed by atoms with E-state index in [0.717, 1.165) is 32.6 Å². The summed E-state index contributed by atoms with van der Waals surface area (Å²) in [5.41, 5.74) is -0.487. The second-order valence-electron chi connectivity index (χ2n) is 7.40. The molecule has 0 spiro atoms. The van der Waals surface area contributed by atoms with Gasteiger partial charge in [0, 0.05) is 0 Å². The van der Waals surface area contributed by atoms with Gasteiger partial charge in [-0.1, -0.05) is 31.2 Å². The first-order valence-corrected chi connectivity index (χ1v) is 10.6. The Bertz CT molecular complexity index is 963. The van der Waals surface area contributed by atoms with Gasteiger partial charge in [-0.25, -0.2) is 0 Å². The molecule has 0 aliphatic carbocycles. The number of carbonyl (C=O) groups excluding carboxylic acids is 1. The molecule has 0 N–H and O–H groups in total.